The lowest BCUT2D eigenvalue weighted by Crippen LogP contribution is -2.08. The third-order valence-electron chi connectivity index (χ3n) is 2.32. The van der Waals surface area contributed by atoms with E-state index in [1.807, 2.05) is 0 Å². The molecule has 0 saturated carbocycles. The van der Waals surface area contributed by atoms with Crippen molar-refractivity contribution in [3.05, 3.63) is 29.3 Å². The van der Waals surface area contributed by atoms with Crippen LogP contribution in [0.4, 0.5) is 8.78 Å². The number of carbonyl (C=O) groups excluding carboxylic acids is 2. The van der Waals surface area contributed by atoms with Gasteiger partial charge in [-0.25, -0.2) is 4.79 Å². The summed E-state index contributed by atoms with van der Waals surface area (Å²) in [5.74, 6) is -0.580. The summed E-state index contributed by atoms with van der Waals surface area (Å²) in [7, 11) is 0. The summed E-state index contributed by atoms with van der Waals surface area (Å²) >= 11 is 0. The quantitative estimate of drug-likeness (QED) is 0.565. The van der Waals surface area contributed by atoms with Crippen LogP contribution in [0.5, 0.6) is 5.75 Å². The third kappa shape index (κ3) is 4.65. The molecule has 0 atom stereocenters. The number of aldehydes is 1. The molecule has 0 aliphatic heterocycles. The highest BCUT2D eigenvalue weighted by molar-refractivity contribution is 5.89. The second-order valence-electron chi connectivity index (χ2n) is 3.63. The summed E-state index contributed by atoms with van der Waals surface area (Å²) < 4.78 is 33.6. The number of hydrogen-bond acceptors (Lipinski definition) is 4. The summed E-state index contributed by atoms with van der Waals surface area (Å²) in [6, 6.07) is 4.03. The Hall–Kier alpha value is -1.98. The van der Waals surface area contributed by atoms with Gasteiger partial charge in [0.1, 0.15) is 12.0 Å². The molecule has 0 aromatic heterocycles. The van der Waals surface area contributed by atoms with Crippen molar-refractivity contribution in [3.63, 3.8) is 0 Å². The van der Waals surface area contributed by atoms with Crippen LogP contribution in [0.2, 0.25) is 0 Å². The number of alkyl halides is 2. The number of carbonyl (C=O) groups is 2. The predicted molar refractivity (Wildman–Crippen MR) is 63.4 cm³/mol. The number of rotatable bonds is 7. The number of hydrogen-bond donors (Lipinski definition) is 0. The SMILES string of the molecule is CCOC(=O)c1ccc(OC(F)F)c(CCC=O)c1. The Labute approximate surface area is 109 Å². The van der Waals surface area contributed by atoms with E-state index in [4.69, 9.17) is 4.74 Å². The van der Waals surface area contributed by atoms with Crippen molar-refractivity contribution in [1.82, 2.24) is 0 Å². The molecule has 0 heterocycles. The minimum Gasteiger partial charge on any atom is -0.462 e. The number of aryl methyl sites for hydroxylation is 1. The van der Waals surface area contributed by atoms with Crippen molar-refractivity contribution < 1.29 is 27.8 Å². The first-order valence-corrected chi connectivity index (χ1v) is 5.77. The summed E-state index contributed by atoms with van der Waals surface area (Å²) in [4.78, 5) is 21.9. The molecule has 1 aromatic carbocycles. The van der Waals surface area contributed by atoms with Gasteiger partial charge in [0.2, 0.25) is 0 Å². The lowest BCUT2D eigenvalue weighted by molar-refractivity contribution is -0.107. The number of halogens is 2. The van der Waals surface area contributed by atoms with E-state index in [-0.39, 0.29) is 30.8 Å². The highest BCUT2D eigenvalue weighted by Gasteiger charge is 2.14. The molecule has 0 saturated heterocycles. The second kappa shape index (κ2) is 7.45. The molecule has 0 N–H and O–H groups in total. The fraction of sp³-hybridized carbons (Fsp3) is 0.385. The van der Waals surface area contributed by atoms with Crippen molar-refractivity contribution in [3.8, 4) is 5.75 Å². The molecule has 0 radical (unpaired) electrons. The van der Waals surface area contributed by atoms with Gasteiger partial charge in [-0.15, -0.1) is 0 Å². The van der Waals surface area contributed by atoms with Gasteiger partial charge in [0, 0.05) is 6.42 Å². The van der Waals surface area contributed by atoms with Crippen LogP contribution in [0, 0.1) is 0 Å². The minimum absolute atomic E-state index is 0.0371. The maximum atomic E-state index is 12.2. The van der Waals surface area contributed by atoms with E-state index in [2.05, 4.69) is 4.74 Å². The minimum atomic E-state index is -2.96. The van der Waals surface area contributed by atoms with Gasteiger partial charge in [-0.3, -0.25) is 0 Å². The summed E-state index contributed by atoms with van der Waals surface area (Å²) in [6.45, 7) is -1.07. The molecule has 1 rings (SSSR count). The monoisotopic (exact) mass is 272 g/mol. The summed E-state index contributed by atoms with van der Waals surface area (Å²) in [6.07, 6.45) is 1.05. The Morgan fingerprint density at radius 3 is 2.74 bits per heavy atom. The van der Waals surface area contributed by atoms with E-state index in [0.29, 0.717) is 11.8 Å². The number of benzene rings is 1. The number of ether oxygens (including phenoxy) is 2. The average molecular weight is 272 g/mol. The zero-order valence-corrected chi connectivity index (χ0v) is 10.4. The van der Waals surface area contributed by atoms with Gasteiger partial charge in [0.05, 0.1) is 12.2 Å². The van der Waals surface area contributed by atoms with Crippen LogP contribution in [-0.4, -0.2) is 25.5 Å². The molecule has 0 unspecified atom stereocenters. The lowest BCUT2D eigenvalue weighted by Gasteiger charge is -2.11. The molecule has 0 amide bonds. The molecule has 0 aliphatic rings. The first-order valence-electron chi connectivity index (χ1n) is 5.77. The average Bonchev–Trinajstić information content (AvgIpc) is 2.37. The molecular weight excluding hydrogens is 258 g/mol. The van der Waals surface area contributed by atoms with E-state index in [1.165, 1.54) is 18.2 Å². The fourth-order valence-electron chi connectivity index (χ4n) is 1.54. The maximum absolute atomic E-state index is 12.2. The Morgan fingerprint density at radius 1 is 1.42 bits per heavy atom. The lowest BCUT2D eigenvalue weighted by atomic mass is 10.1. The molecule has 0 fully saturated rings. The molecule has 104 valence electrons. The van der Waals surface area contributed by atoms with Crippen LogP contribution in [0.25, 0.3) is 0 Å². The zero-order chi connectivity index (χ0) is 14.3. The highest BCUT2D eigenvalue weighted by Crippen LogP contribution is 2.23. The molecule has 6 heteroatoms. The van der Waals surface area contributed by atoms with Crippen LogP contribution in [0.1, 0.15) is 29.3 Å². The van der Waals surface area contributed by atoms with E-state index >= 15 is 0 Å². The standard InChI is InChI=1S/C13H14F2O4/c1-2-18-12(17)10-5-6-11(19-13(14)15)9(8-10)4-3-7-16/h5-8,13H,2-4H2,1H3. The smallest absolute Gasteiger partial charge is 0.387 e. The van der Waals surface area contributed by atoms with Gasteiger partial charge in [-0.05, 0) is 37.1 Å². The molecular formula is C13H14F2O4. The Balaban J connectivity index is 2.99. The van der Waals surface area contributed by atoms with Crippen molar-refractivity contribution in [1.29, 1.82) is 0 Å². The topological polar surface area (TPSA) is 52.6 Å². The molecule has 1 aromatic rings. The molecule has 0 spiro atoms. The first-order chi connectivity index (χ1) is 9.08. The highest BCUT2D eigenvalue weighted by atomic mass is 19.3. The Kier molecular flexibility index (Phi) is 5.92. The van der Waals surface area contributed by atoms with Crippen molar-refractivity contribution >= 4 is 12.3 Å². The van der Waals surface area contributed by atoms with E-state index in [9.17, 15) is 18.4 Å². The number of esters is 1. The largest absolute Gasteiger partial charge is 0.462 e. The van der Waals surface area contributed by atoms with Crippen LogP contribution in [-0.2, 0) is 16.0 Å². The van der Waals surface area contributed by atoms with E-state index < -0.39 is 12.6 Å². The van der Waals surface area contributed by atoms with Gasteiger partial charge >= 0.3 is 12.6 Å². The van der Waals surface area contributed by atoms with Gasteiger partial charge in [-0.2, -0.15) is 8.78 Å². The van der Waals surface area contributed by atoms with Gasteiger partial charge < -0.3 is 14.3 Å². The zero-order valence-electron chi connectivity index (χ0n) is 10.4. The van der Waals surface area contributed by atoms with Crippen molar-refractivity contribution in [2.45, 2.75) is 26.4 Å². The Bertz CT molecular complexity index is 446. The van der Waals surface area contributed by atoms with E-state index in [1.54, 1.807) is 6.92 Å². The normalized spacial score (nSPS) is 10.3. The third-order valence-corrected chi connectivity index (χ3v) is 2.32. The molecule has 4 nitrogen and oxygen atoms in total. The van der Waals surface area contributed by atoms with Gasteiger partial charge in [0.15, 0.2) is 0 Å². The van der Waals surface area contributed by atoms with Crippen LogP contribution in [0.15, 0.2) is 18.2 Å². The fourth-order valence-corrected chi connectivity index (χ4v) is 1.54. The molecule has 0 bridgehead atoms. The van der Waals surface area contributed by atoms with Gasteiger partial charge in [0.25, 0.3) is 0 Å². The van der Waals surface area contributed by atoms with E-state index in [0.717, 1.165) is 0 Å². The summed E-state index contributed by atoms with van der Waals surface area (Å²) in [5, 5.41) is 0. The molecule has 0 aliphatic carbocycles. The maximum Gasteiger partial charge on any atom is 0.387 e. The van der Waals surface area contributed by atoms with Crippen LogP contribution < -0.4 is 4.74 Å². The van der Waals surface area contributed by atoms with Crippen LogP contribution in [0.3, 0.4) is 0 Å². The second-order valence-corrected chi connectivity index (χ2v) is 3.63. The first kappa shape index (κ1) is 15.1. The van der Waals surface area contributed by atoms with Gasteiger partial charge in [-0.1, -0.05) is 0 Å². The van der Waals surface area contributed by atoms with Crippen molar-refractivity contribution in [2.24, 2.45) is 0 Å². The van der Waals surface area contributed by atoms with Crippen LogP contribution >= 0.6 is 0 Å². The molecule has 19 heavy (non-hydrogen) atoms. The van der Waals surface area contributed by atoms with Crippen molar-refractivity contribution in [2.75, 3.05) is 6.61 Å². The Morgan fingerprint density at radius 2 is 2.16 bits per heavy atom. The predicted octanol–water partition coefficient (Wildman–Crippen LogP) is 2.60. The summed E-state index contributed by atoms with van der Waals surface area (Å²) in [5.41, 5.74) is 0.613.